The van der Waals surface area contributed by atoms with Crippen LogP contribution in [0.15, 0.2) is 54.9 Å². The van der Waals surface area contributed by atoms with E-state index in [-0.39, 0.29) is 11.8 Å². The largest absolute Gasteiger partial charge is 0.497 e. The molecule has 2 aromatic carbocycles. The minimum Gasteiger partial charge on any atom is -0.497 e. The van der Waals surface area contributed by atoms with Crippen LogP contribution in [-0.2, 0) is 11.3 Å². The number of methoxy groups -OCH3 is 2. The van der Waals surface area contributed by atoms with E-state index in [0.29, 0.717) is 12.3 Å². The van der Waals surface area contributed by atoms with Gasteiger partial charge in [-0.25, -0.2) is 9.50 Å². The molecule has 4 aromatic rings. The Balaban J connectivity index is 1.24. The Labute approximate surface area is 217 Å². The molecule has 192 valence electrons. The van der Waals surface area contributed by atoms with Gasteiger partial charge in [0.05, 0.1) is 19.9 Å². The summed E-state index contributed by atoms with van der Waals surface area (Å²) in [7, 11) is 3.24. The van der Waals surface area contributed by atoms with Crippen molar-refractivity contribution in [1.82, 2.24) is 19.9 Å². The van der Waals surface area contributed by atoms with Crippen LogP contribution in [0.2, 0.25) is 0 Å². The zero-order valence-electron chi connectivity index (χ0n) is 21.8. The topological polar surface area (TPSA) is 81.0 Å². The van der Waals surface area contributed by atoms with E-state index < -0.39 is 0 Å². The number of benzene rings is 2. The Bertz CT molecular complexity index is 1420. The van der Waals surface area contributed by atoms with Crippen molar-refractivity contribution in [2.45, 2.75) is 33.2 Å². The molecular formula is C29H33N5O3. The van der Waals surface area contributed by atoms with Crippen LogP contribution in [0, 0.1) is 19.8 Å². The number of aromatic nitrogens is 3. The number of carbonyl (C=O) groups is 1. The maximum atomic E-state index is 12.9. The Kier molecular flexibility index (Phi) is 6.99. The first-order chi connectivity index (χ1) is 18.0. The van der Waals surface area contributed by atoms with Crippen LogP contribution in [0.1, 0.15) is 29.5 Å². The molecule has 1 saturated heterocycles. The summed E-state index contributed by atoms with van der Waals surface area (Å²) in [6.07, 6.45) is 5.22. The minimum atomic E-state index is -0.0313. The van der Waals surface area contributed by atoms with Crippen molar-refractivity contribution in [2.24, 2.45) is 5.92 Å². The highest BCUT2D eigenvalue weighted by Crippen LogP contribution is 2.29. The van der Waals surface area contributed by atoms with Crippen molar-refractivity contribution in [3.8, 4) is 22.8 Å². The monoisotopic (exact) mass is 499 g/mol. The second kappa shape index (κ2) is 10.5. The molecule has 1 aliphatic heterocycles. The van der Waals surface area contributed by atoms with E-state index >= 15 is 0 Å². The van der Waals surface area contributed by atoms with Gasteiger partial charge in [0.1, 0.15) is 17.0 Å². The summed E-state index contributed by atoms with van der Waals surface area (Å²) in [6, 6.07) is 14.2. The fourth-order valence-corrected chi connectivity index (χ4v) is 4.87. The van der Waals surface area contributed by atoms with Crippen LogP contribution < -0.4 is 19.7 Å². The van der Waals surface area contributed by atoms with Crippen molar-refractivity contribution < 1.29 is 14.3 Å². The van der Waals surface area contributed by atoms with Crippen molar-refractivity contribution in [1.29, 1.82) is 0 Å². The minimum absolute atomic E-state index is 0.0313. The number of anilines is 1. The Morgan fingerprint density at radius 2 is 1.84 bits per heavy atom. The van der Waals surface area contributed by atoms with E-state index in [1.807, 2.05) is 28.9 Å². The lowest BCUT2D eigenvalue weighted by molar-refractivity contribution is -0.125. The first-order valence-electron chi connectivity index (χ1n) is 12.6. The van der Waals surface area contributed by atoms with Crippen molar-refractivity contribution in [3.05, 3.63) is 71.5 Å². The van der Waals surface area contributed by atoms with Crippen molar-refractivity contribution >= 4 is 17.2 Å². The van der Waals surface area contributed by atoms with Gasteiger partial charge < -0.3 is 19.7 Å². The molecule has 1 N–H and O–H groups in total. The van der Waals surface area contributed by atoms with Crippen LogP contribution >= 0.6 is 0 Å². The molecule has 5 rings (SSSR count). The van der Waals surface area contributed by atoms with Gasteiger partial charge in [0.25, 0.3) is 0 Å². The maximum Gasteiger partial charge on any atom is 0.223 e. The molecule has 8 nitrogen and oxygen atoms in total. The summed E-state index contributed by atoms with van der Waals surface area (Å²) in [4.78, 5) is 19.9. The average Bonchev–Trinajstić information content (AvgIpc) is 3.38. The molecule has 8 heteroatoms. The van der Waals surface area contributed by atoms with Crippen LogP contribution in [0.5, 0.6) is 11.5 Å². The summed E-state index contributed by atoms with van der Waals surface area (Å²) in [6.45, 7) is 6.19. The van der Waals surface area contributed by atoms with E-state index in [1.165, 1.54) is 11.1 Å². The number of fused-ring (bicyclic) bond motifs is 1. The van der Waals surface area contributed by atoms with Crippen LogP contribution in [-0.4, -0.2) is 47.8 Å². The first kappa shape index (κ1) is 24.6. The molecule has 0 saturated carbocycles. The number of aryl methyl sites for hydroxylation is 2. The number of carbonyl (C=O) groups excluding carboxylic acids is 1. The fraction of sp³-hybridized carbons (Fsp3) is 0.345. The zero-order chi connectivity index (χ0) is 25.9. The van der Waals surface area contributed by atoms with E-state index in [9.17, 15) is 4.79 Å². The Hall–Kier alpha value is -4.07. The van der Waals surface area contributed by atoms with E-state index in [0.717, 1.165) is 59.8 Å². The zero-order valence-corrected chi connectivity index (χ0v) is 21.8. The fourth-order valence-electron chi connectivity index (χ4n) is 4.87. The molecular weight excluding hydrogens is 466 g/mol. The highest BCUT2D eigenvalue weighted by atomic mass is 16.5. The molecule has 1 aliphatic rings. The van der Waals surface area contributed by atoms with Gasteiger partial charge in [0.2, 0.25) is 5.91 Å². The lowest BCUT2D eigenvalue weighted by Crippen LogP contribution is -2.40. The molecule has 0 radical (unpaired) electrons. The molecule has 0 spiro atoms. The van der Waals surface area contributed by atoms with Crippen LogP contribution in [0.25, 0.3) is 16.8 Å². The third-order valence-corrected chi connectivity index (χ3v) is 7.28. The lowest BCUT2D eigenvalue weighted by Gasteiger charge is -2.32. The first-order valence-corrected chi connectivity index (χ1v) is 12.6. The SMILES string of the molecule is COc1ccc(CNC(=O)C2CCN(c3nccn4nc(-c5ccc(C)c(C)c5)cc34)CC2)c(OC)c1. The van der Waals surface area contributed by atoms with Gasteiger partial charge in [-0.05, 0) is 62.1 Å². The molecule has 0 bridgehead atoms. The maximum absolute atomic E-state index is 12.9. The molecule has 1 fully saturated rings. The standard InChI is InChI=1S/C29H33N5O3/c1-19-5-6-22(15-20(19)2)25-17-26-28(30-11-14-34(26)32-25)33-12-9-21(10-13-33)29(35)31-18-23-7-8-24(36-3)16-27(23)37-4/h5-8,11,14-17,21H,9-10,12-13,18H2,1-4H3,(H,31,35). The molecule has 3 heterocycles. The third-order valence-electron chi connectivity index (χ3n) is 7.28. The number of hydrogen-bond donors (Lipinski definition) is 1. The normalized spacial score (nSPS) is 14.1. The third kappa shape index (κ3) is 5.09. The highest BCUT2D eigenvalue weighted by molar-refractivity contribution is 5.80. The number of nitrogens with zero attached hydrogens (tertiary/aromatic N) is 4. The molecule has 0 atom stereocenters. The lowest BCUT2D eigenvalue weighted by atomic mass is 9.95. The second-order valence-electron chi connectivity index (χ2n) is 9.57. The molecule has 1 amide bonds. The predicted molar refractivity (Wildman–Crippen MR) is 144 cm³/mol. The molecule has 0 aliphatic carbocycles. The van der Waals surface area contributed by atoms with Crippen molar-refractivity contribution in [3.63, 3.8) is 0 Å². The summed E-state index contributed by atoms with van der Waals surface area (Å²) < 4.78 is 12.6. The number of piperidine rings is 1. The summed E-state index contributed by atoms with van der Waals surface area (Å²) in [5.41, 5.74) is 6.45. The van der Waals surface area contributed by atoms with Gasteiger partial charge in [-0.1, -0.05) is 12.1 Å². The number of rotatable bonds is 7. The number of ether oxygens (including phenoxy) is 2. The Morgan fingerprint density at radius 1 is 1.03 bits per heavy atom. The van der Waals surface area contributed by atoms with E-state index in [4.69, 9.17) is 14.6 Å². The second-order valence-corrected chi connectivity index (χ2v) is 9.57. The molecule has 2 aromatic heterocycles. The van der Waals surface area contributed by atoms with Crippen LogP contribution in [0.4, 0.5) is 5.82 Å². The molecule has 37 heavy (non-hydrogen) atoms. The van der Waals surface area contributed by atoms with Crippen LogP contribution in [0.3, 0.4) is 0 Å². The van der Waals surface area contributed by atoms with Crippen molar-refractivity contribution in [2.75, 3.05) is 32.2 Å². The predicted octanol–water partition coefficient (Wildman–Crippen LogP) is 4.56. The van der Waals surface area contributed by atoms with Gasteiger partial charge >= 0.3 is 0 Å². The summed E-state index contributed by atoms with van der Waals surface area (Å²) in [5.74, 6) is 2.38. The van der Waals surface area contributed by atoms with E-state index in [1.54, 1.807) is 20.4 Å². The number of hydrogen-bond acceptors (Lipinski definition) is 6. The number of amides is 1. The summed E-state index contributed by atoms with van der Waals surface area (Å²) >= 11 is 0. The van der Waals surface area contributed by atoms with Gasteiger partial charge in [0, 0.05) is 55.1 Å². The number of nitrogens with one attached hydrogen (secondary N) is 1. The van der Waals surface area contributed by atoms with E-state index in [2.05, 4.69) is 53.3 Å². The summed E-state index contributed by atoms with van der Waals surface area (Å²) in [5, 5.41) is 7.89. The quantitative estimate of drug-likeness (QED) is 0.401. The Morgan fingerprint density at radius 3 is 2.57 bits per heavy atom. The van der Waals surface area contributed by atoms with Gasteiger partial charge in [-0.2, -0.15) is 5.10 Å². The van der Waals surface area contributed by atoms with Gasteiger partial charge in [0.15, 0.2) is 5.82 Å². The average molecular weight is 500 g/mol. The molecule has 0 unspecified atom stereocenters. The smallest absolute Gasteiger partial charge is 0.223 e. The van der Waals surface area contributed by atoms with Gasteiger partial charge in [-0.15, -0.1) is 0 Å². The highest BCUT2D eigenvalue weighted by Gasteiger charge is 2.27. The van der Waals surface area contributed by atoms with Gasteiger partial charge in [-0.3, -0.25) is 4.79 Å².